The van der Waals surface area contributed by atoms with Crippen LogP contribution in [-0.4, -0.2) is 0 Å². The summed E-state index contributed by atoms with van der Waals surface area (Å²) in [6.45, 7) is 0. The number of furan rings is 4. The summed E-state index contributed by atoms with van der Waals surface area (Å²) < 4.78 is 25.6. The monoisotopic (exact) mass is 640 g/mol. The lowest BCUT2D eigenvalue weighted by Crippen LogP contribution is -1.92. The van der Waals surface area contributed by atoms with Crippen LogP contribution in [0.3, 0.4) is 0 Å². The summed E-state index contributed by atoms with van der Waals surface area (Å²) in [5.41, 5.74) is 10.3. The molecule has 0 aliphatic carbocycles. The van der Waals surface area contributed by atoms with Crippen molar-refractivity contribution in [1.29, 1.82) is 0 Å². The van der Waals surface area contributed by atoms with E-state index in [-0.39, 0.29) is 0 Å². The highest BCUT2D eigenvalue weighted by Crippen LogP contribution is 2.51. The summed E-state index contributed by atoms with van der Waals surface area (Å²) in [6, 6.07) is 48.8. The van der Waals surface area contributed by atoms with Crippen molar-refractivity contribution in [2.75, 3.05) is 0 Å². The molecule has 50 heavy (non-hydrogen) atoms. The lowest BCUT2D eigenvalue weighted by molar-refractivity contribution is 0.613. The van der Waals surface area contributed by atoms with Crippen LogP contribution in [0.1, 0.15) is 0 Å². The first kappa shape index (κ1) is 26.2. The molecular weight excluding hydrogens is 617 g/mol. The molecule has 12 rings (SSSR count). The summed E-state index contributed by atoms with van der Waals surface area (Å²) in [5, 5.41) is 12.2. The molecule has 0 N–H and O–H groups in total. The normalized spacial score (nSPS) is 12.4. The zero-order chi connectivity index (χ0) is 32.5. The third-order valence-corrected chi connectivity index (χ3v) is 10.5. The van der Waals surface area contributed by atoms with Gasteiger partial charge in [-0.2, -0.15) is 0 Å². The van der Waals surface area contributed by atoms with E-state index < -0.39 is 0 Å². The van der Waals surface area contributed by atoms with Crippen LogP contribution in [0.25, 0.3) is 121 Å². The van der Waals surface area contributed by atoms with Crippen LogP contribution in [0.5, 0.6) is 0 Å². The zero-order valence-electron chi connectivity index (χ0n) is 26.5. The second kappa shape index (κ2) is 9.43. The highest BCUT2D eigenvalue weighted by Gasteiger charge is 2.25. The van der Waals surface area contributed by atoms with Crippen molar-refractivity contribution in [3.63, 3.8) is 0 Å². The van der Waals surface area contributed by atoms with E-state index in [2.05, 4.69) is 103 Å². The first-order valence-corrected chi connectivity index (χ1v) is 16.8. The highest BCUT2D eigenvalue weighted by atomic mass is 16.3. The van der Waals surface area contributed by atoms with Crippen LogP contribution >= 0.6 is 0 Å². The zero-order valence-corrected chi connectivity index (χ0v) is 26.5. The Balaban J connectivity index is 1.22. The molecule has 0 fully saturated rings. The Morgan fingerprint density at radius 3 is 1.62 bits per heavy atom. The van der Waals surface area contributed by atoms with Gasteiger partial charge in [0.2, 0.25) is 0 Å². The van der Waals surface area contributed by atoms with Gasteiger partial charge in [-0.25, -0.2) is 0 Å². The minimum Gasteiger partial charge on any atom is -0.464 e. The first-order valence-electron chi connectivity index (χ1n) is 16.8. The van der Waals surface area contributed by atoms with Crippen molar-refractivity contribution in [3.05, 3.63) is 146 Å². The molecule has 0 unspecified atom stereocenters. The van der Waals surface area contributed by atoms with E-state index in [9.17, 15) is 0 Å². The Labute approximate surface area is 283 Å². The van der Waals surface area contributed by atoms with E-state index in [1.165, 1.54) is 0 Å². The van der Waals surface area contributed by atoms with Crippen LogP contribution in [0.4, 0.5) is 0 Å². The van der Waals surface area contributed by atoms with Crippen LogP contribution < -0.4 is 0 Å². The largest absolute Gasteiger partial charge is 0.464 e. The minimum atomic E-state index is 0.800. The molecule has 4 heterocycles. The van der Waals surface area contributed by atoms with Crippen LogP contribution in [-0.2, 0) is 0 Å². The molecule has 0 amide bonds. The third kappa shape index (κ3) is 3.34. The van der Waals surface area contributed by atoms with Crippen molar-refractivity contribution in [2.45, 2.75) is 0 Å². The van der Waals surface area contributed by atoms with Gasteiger partial charge in [-0.3, -0.25) is 0 Å². The van der Waals surface area contributed by atoms with Crippen molar-refractivity contribution in [2.24, 2.45) is 0 Å². The second-order valence-electron chi connectivity index (χ2n) is 13.1. The number of para-hydroxylation sites is 3. The topological polar surface area (TPSA) is 52.6 Å². The van der Waals surface area contributed by atoms with Gasteiger partial charge in [-0.1, -0.05) is 103 Å². The summed E-state index contributed by atoms with van der Waals surface area (Å²) >= 11 is 0. The molecule has 0 bridgehead atoms. The Kier molecular flexibility index (Phi) is 4.94. The molecule has 4 aromatic heterocycles. The van der Waals surface area contributed by atoms with E-state index in [0.717, 1.165) is 121 Å². The number of hydrogen-bond donors (Lipinski definition) is 0. The second-order valence-corrected chi connectivity index (χ2v) is 13.1. The molecule has 0 aliphatic heterocycles. The minimum absolute atomic E-state index is 0.800. The summed E-state index contributed by atoms with van der Waals surface area (Å²) in [7, 11) is 0. The molecule has 4 nitrogen and oxygen atoms in total. The summed E-state index contributed by atoms with van der Waals surface area (Å²) in [5.74, 6) is 0. The number of hydrogen-bond acceptors (Lipinski definition) is 4. The predicted molar refractivity (Wildman–Crippen MR) is 204 cm³/mol. The predicted octanol–water partition coefficient (Wildman–Crippen LogP) is 13.8. The lowest BCUT2D eigenvalue weighted by Gasteiger charge is -2.19. The van der Waals surface area contributed by atoms with E-state index in [4.69, 9.17) is 17.7 Å². The lowest BCUT2D eigenvalue weighted by atomic mass is 9.83. The number of rotatable bonds is 2. The van der Waals surface area contributed by atoms with Gasteiger partial charge in [0.25, 0.3) is 0 Å². The quantitative estimate of drug-likeness (QED) is 0.176. The fourth-order valence-corrected chi connectivity index (χ4v) is 8.48. The molecular formula is C46H24O4. The Morgan fingerprint density at radius 1 is 0.300 bits per heavy atom. The molecule has 0 aliphatic rings. The van der Waals surface area contributed by atoms with Gasteiger partial charge in [-0.15, -0.1) is 0 Å². The Hall–Kier alpha value is -6.78. The van der Waals surface area contributed by atoms with Gasteiger partial charge in [0.15, 0.2) is 0 Å². The molecule has 8 aromatic carbocycles. The molecule has 0 radical (unpaired) electrons. The van der Waals surface area contributed by atoms with Gasteiger partial charge in [-0.05, 0) is 51.4 Å². The maximum absolute atomic E-state index is 6.81. The van der Waals surface area contributed by atoms with Crippen molar-refractivity contribution < 1.29 is 17.7 Å². The Bertz CT molecular complexity index is 3330. The maximum atomic E-state index is 6.81. The average Bonchev–Trinajstić information content (AvgIpc) is 3.94. The van der Waals surface area contributed by atoms with Gasteiger partial charge >= 0.3 is 0 Å². The van der Waals surface area contributed by atoms with E-state index in [1.807, 2.05) is 36.4 Å². The SMILES string of the molecule is c1ccc2c(c1)oc1cc3oc4c(-c5c6ccccc6c(-c6c7ccoc7cc7oc8ccccc8c67)c6ccccc56)cccc4c3cc12. The molecule has 232 valence electrons. The first-order chi connectivity index (χ1) is 24.8. The van der Waals surface area contributed by atoms with Crippen LogP contribution in [0.15, 0.2) is 163 Å². The molecule has 0 atom stereocenters. The molecule has 0 saturated carbocycles. The number of benzene rings is 8. The summed E-state index contributed by atoms with van der Waals surface area (Å²) in [6.07, 6.45) is 1.77. The van der Waals surface area contributed by atoms with E-state index >= 15 is 0 Å². The van der Waals surface area contributed by atoms with Crippen molar-refractivity contribution in [1.82, 2.24) is 0 Å². The average molecular weight is 641 g/mol. The standard InChI is InChI=1S/C46H24O4/c1-3-13-28-26(11-1)42(33-17-9-16-30-35-22-34-25-10-5-7-18-36(25)48-39(34)24-40(35)50-46(30)33)27-12-2-4-14-29(27)43(28)45-32-20-21-47-38(32)23-41-44(45)31-15-6-8-19-37(31)49-41/h1-24H. The van der Waals surface area contributed by atoms with E-state index in [1.54, 1.807) is 6.26 Å². The molecule has 0 saturated heterocycles. The van der Waals surface area contributed by atoms with Crippen LogP contribution in [0, 0.1) is 0 Å². The summed E-state index contributed by atoms with van der Waals surface area (Å²) in [4.78, 5) is 0. The van der Waals surface area contributed by atoms with E-state index in [0.29, 0.717) is 0 Å². The maximum Gasteiger partial charge on any atom is 0.143 e. The highest BCUT2D eigenvalue weighted by molar-refractivity contribution is 6.31. The third-order valence-electron chi connectivity index (χ3n) is 10.5. The van der Waals surface area contributed by atoms with Gasteiger partial charge < -0.3 is 17.7 Å². The number of fused-ring (bicyclic) bond motifs is 12. The Morgan fingerprint density at radius 2 is 0.860 bits per heavy atom. The molecule has 12 aromatic rings. The van der Waals surface area contributed by atoms with Crippen molar-refractivity contribution >= 4 is 98.3 Å². The van der Waals surface area contributed by atoms with Gasteiger partial charge in [0, 0.05) is 66.5 Å². The van der Waals surface area contributed by atoms with Crippen LogP contribution in [0.2, 0.25) is 0 Å². The fraction of sp³-hybridized carbons (Fsp3) is 0. The smallest absolute Gasteiger partial charge is 0.143 e. The van der Waals surface area contributed by atoms with Crippen molar-refractivity contribution in [3.8, 4) is 22.3 Å². The van der Waals surface area contributed by atoms with Gasteiger partial charge in [0.1, 0.15) is 39.1 Å². The molecule has 0 spiro atoms. The molecule has 4 heteroatoms. The fourth-order valence-electron chi connectivity index (χ4n) is 8.48. The van der Waals surface area contributed by atoms with Gasteiger partial charge in [0.05, 0.1) is 6.26 Å².